The number of rotatable bonds is 2. The Bertz CT molecular complexity index is 1090. The molecule has 4 aliphatic carbocycles. The Kier molecular flexibility index (Phi) is 6.18. The van der Waals surface area contributed by atoms with Crippen LogP contribution in [0.3, 0.4) is 0 Å². The molecule has 1 spiro atoms. The van der Waals surface area contributed by atoms with Gasteiger partial charge in [-0.05, 0) is 112 Å². The van der Waals surface area contributed by atoms with Gasteiger partial charge in [0.05, 0.1) is 18.0 Å². The fourth-order valence-corrected chi connectivity index (χ4v) is 11.9. The summed E-state index contributed by atoms with van der Waals surface area (Å²) in [5.41, 5.74) is 4.21. The molecule has 37 heavy (non-hydrogen) atoms. The highest BCUT2D eigenvalue weighted by atomic mass is 32.2. The number of hydrogen-bond acceptors (Lipinski definition) is 4. The second-order valence-corrected chi connectivity index (χ2v) is 17.2. The van der Waals surface area contributed by atoms with E-state index in [0.717, 1.165) is 32.2 Å². The molecule has 0 bridgehead atoms. The SMILES string of the molecule is CC1=C2C[C@H]3[C@@](C)(CC[C@]4(C)C[C@H](NS(C)(=O)=O)CC[C@]34C)[C@@H]2CC[C@@]2(C1)O[C@@H]1C[C@H](C)CN[C@H]1[C@H]2C. The van der Waals surface area contributed by atoms with Crippen molar-refractivity contribution >= 4 is 10.0 Å². The lowest BCUT2D eigenvalue weighted by Gasteiger charge is -2.63. The second kappa shape index (κ2) is 8.54. The number of allylic oxidation sites excluding steroid dienone is 1. The number of sulfonamides is 1. The van der Waals surface area contributed by atoms with Crippen molar-refractivity contribution < 1.29 is 13.2 Å². The van der Waals surface area contributed by atoms with Crippen molar-refractivity contribution in [3.05, 3.63) is 11.1 Å². The van der Waals surface area contributed by atoms with Crippen LogP contribution in [-0.4, -0.2) is 45.0 Å². The van der Waals surface area contributed by atoms with Crippen molar-refractivity contribution in [2.75, 3.05) is 12.8 Å². The summed E-state index contributed by atoms with van der Waals surface area (Å²) in [4.78, 5) is 0. The molecule has 0 radical (unpaired) electrons. The zero-order valence-corrected chi connectivity index (χ0v) is 25.3. The van der Waals surface area contributed by atoms with E-state index < -0.39 is 10.0 Å². The highest BCUT2D eigenvalue weighted by Crippen LogP contribution is 2.73. The fourth-order valence-electron chi connectivity index (χ4n) is 11.1. The molecule has 2 aliphatic heterocycles. The Hall–Kier alpha value is -0.430. The average molecular weight is 533 g/mol. The molecule has 2 saturated heterocycles. The van der Waals surface area contributed by atoms with Gasteiger partial charge < -0.3 is 10.1 Å². The molecule has 210 valence electrons. The molecule has 0 aromatic rings. The topological polar surface area (TPSA) is 67.4 Å². The van der Waals surface area contributed by atoms with Gasteiger partial charge in [0.15, 0.2) is 0 Å². The van der Waals surface area contributed by atoms with Crippen LogP contribution >= 0.6 is 0 Å². The van der Waals surface area contributed by atoms with Crippen molar-refractivity contribution in [1.82, 2.24) is 10.0 Å². The number of fused-ring (bicyclic) bond motifs is 6. The van der Waals surface area contributed by atoms with Crippen molar-refractivity contribution in [2.24, 2.45) is 39.9 Å². The Balaban J connectivity index is 1.28. The molecule has 3 saturated carbocycles. The largest absolute Gasteiger partial charge is 0.369 e. The first kappa shape index (κ1) is 26.8. The molecule has 6 rings (SSSR count). The smallest absolute Gasteiger partial charge is 0.208 e. The third kappa shape index (κ3) is 3.96. The van der Waals surface area contributed by atoms with Gasteiger partial charge in [0.25, 0.3) is 0 Å². The van der Waals surface area contributed by atoms with Gasteiger partial charge in [0.1, 0.15) is 0 Å². The summed E-state index contributed by atoms with van der Waals surface area (Å²) >= 11 is 0. The predicted molar refractivity (Wildman–Crippen MR) is 150 cm³/mol. The van der Waals surface area contributed by atoms with Crippen LogP contribution in [0.5, 0.6) is 0 Å². The van der Waals surface area contributed by atoms with Crippen molar-refractivity contribution in [2.45, 2.75) is 130 Å². The maximum atomic E-state index is 12.0. The van der Waals surface area contributed by atoms with Gasteiger partial charge in [-0.25, -0.2) is 13.1 Å². The molecule has 5 nitrogen and oxygen atoms in total. The molecule has 2 heterocycles. The second-order valence-electron chi connectivity index (χ2n) is 15.4. The lowest BCUT2D eigenvalue weighted by molar-refractivity contribution is -0.140. The van der Waals surface area contributed by atoms with Crippen LogP contribution in [-0.2, 0) is 14.8 Å². The third-order valence-electron chi connectivity index (χ3n) is 13.4. The van der Waals surface area contributed by atoms with E-state index in [2.05, 4.69) is 51.6 Å². The molecule has 0 aromatic heterocycles. The van der Waals surface area contributed by atoms with E-state index in [1.807, 2.05) is 0 Å². The fraction of sp³-hybridized carbons (Fsp3) is 0.935. The van der Waals surface area contributed by atoms with Crippen LogP contribution in [0.2, 0.25) is 0 Å². The van der Waals surface area contributed by atoms with Gasteiger partial charge in [-0.1, -0.05) is 45.8 Å². The summed E-state index contributed by atoms with van der Waals surface area (Å²) < 4.78 is 34.1. The standard InChI is InChI=1S/C31H52N2O3S/c1-19-14-25-27(32-18-19)21(3)31(36-25)11-9-24-23(20(2)16-31)15-26-29(24,5)13-12-28(4)17-22(33-37(7,34)35)8-10-30(26,28)6/h19,21-22,24-27,32-33H,8-18H2,1-7H3/t19-,21+,22+,24+,25+,26-,27-,28+,29-,30+,31-/m0/s1. The highest BCUT2D eigenvalue weighted by Gasteiger charge is 2.66. The minimum absolute atomic E-state index is 0.00211. The Labute approximate surface area is 226 Å². The first-order chi connectivity index (χ1) is 17.2. The van der Waals surface area contributed by atoms with Gasteiger partial charge in [0.2, 0.25) is 10.0 Å². The molecule has 6 heteroatoms. The first-order valence-corrected chi connectivity index (χ1v) is 17.2. The Morgan fingerprint density at radius 1 is 1.05 bits per heavy atom. The average Bonchev–Trinajstić information content (AvgIpc) is 3.18. The van der Waals surface area contributed by atoms with Crippen LogP contribution < -0.4 is 10.0 Å². The van der Waals surface area contributed by atoms with Gasteiger partial charge in [-0.2, -0.15) is 0 Å². The number of piperidine rings is 1. The Morgan fingerprint density at radius 2 is 1.81 bits per heavy atom. The molecule has 2 N–H and O–H groups in total. The van der Waals surface area contributed by atoms with E-state index in [9.17, 15) is 8.42 Å². The van der Waals surface area contributed by atoms with E-state index in [4.69, 9.17) is 4.74 Å². The summed E-state index contributed by atoms with van der Waals surface area (Å²) in [7, 11) is -3.17. The minimum atomic E-state index is -3.17. The monoisotopic (exact) mass is 532 g/mol. The predicted octanol–water partition coefficient (Wildman–Crippen LogP) is 5.81. The Morgan fingerprint density at radius 3 is 2.54 bits per heavy atom. The summed E-state index contributed by atoms with van der Waals surface area (Å²) in [5.74, 6) is 2.63. The normalized spacial score (nSPS) is 53.9. The lowest BCUT2D eigenvalue weighted by Crippen LogP contribution is -2.58. The van der Waals surface area contributed by atoms with E-state index in [1.165, 1.54) is 44.8 Å². The molecule has 5 fully saturated rings. The van der Waals surface area contributed by atoms with Gasteiger partial charge in [-0.3, -0.25) is 0 Å². The minimum Gasteiger partial charge on any atom is -0.369 e. The van der Waals surface area contributed by atoms with Crippen LogP contribution in [0.1, 0.15) is 106 Å². The van der Waals surface area contributed by atoms with Crippen molar-refractivity contribution in [1.29, 1.82) is 0 Å². The number of hydrogen-bond donors (Lipinski definition) is 2. The molecule has 11 atom stereocenters. The van der Waals surface area contributed by atoms with Gasteiger partial charge in [0, 0.05) is 18.0 Å². The summed E-state index contributed by atoms with van der Waals surface area (Å²) in [6.07, 6.45) is 13.3. The quantitative estimate of drug-likeness (QED) is 0.441. The number of ether oxygens (including phenoxy) is 1. The molecule has 0 amide bonds. The van der Waals surface area contributed by atoms with Crippen LogP contribution in [0, 0.1) is 39.9 Å². The number of nitrogens with one attached hydrogen (secondary N) is 2. The maximum absolute atomic E-state index is 12.0. The molecule has 0 aromatic carbocycles. The maximum Gasteiger partial charge on any atom is 0.208 e. The first-order valence-electron chi connectivity index (χ1n) is 15.3. The van der Waals surface area contributed by atoms with E-state index >= 15 is 0 Å². The van der Waals surface area contributed by atoms with Crippen LogP contribution in [0.15, 0.2) is 11.1 Å². The van der Waals surface area contributed by atoms with Gasteiger partial charge in [-0.15, -0.1) is 0 Å². The summed E-state index contributed by atoms with van der Waals surface area (Å²) in [6, 6.07) is 0.603. The molecule has 6 aliphatic rings. The van der Waals surface area contributed by atoms with Crippen molar-refractivity contribution in [3.8, 4) is 0 Å². The van der Waals surface area contributed by atoms with Crippen LogP contribution in [0.25, 0.3) is 0 Å². The van der Waals surface area contributed by atoms with E-state index in [-0.39, 0.29) is 22.5 Å². The highest BCUT2D eigenvalue weighted by molar-refractivity contribution is 7.88. The molecular weight excluding hydrogens is 480 g/mol. The van der Waals surface area contributed by atoms with E-state index in [0.29, 0.717) is 41.2 Å². The molecule has 0 unspecified atom stereocenters. The van der Waals surface area contributed by atoms with E-state index in [1.54, 1.807) is 11.1 Å². The van der Waals surface area contributed by atoms with Crippen molar-refractivity contribution in [3.63, 3.8) is 0 Å². The zero-order valence-electron chi connectivity index (χ0n) is 24.5. The van der Waals surface area contributed by atoms with Crippen LogP contribution in [0.4, 0.5) is 0 Å². The summed E-state index contributed by atoms with van der Waals surface area (Å²) in [5, 5.41) is 3.86. The zero-order chi connectivity index (χ0) is 26.6. The van der Waals surface area contributed by atoms with Gasteiger partial charge >= 0.3 is 0 Å². The lowest BCUT2D eigenvalue weighted by atomic mass is 9.42. The summed E-state index contributed by atoms with van der Waals surface area (Å²) in [6.45, 7) is 16.1. The molecular formula is C31H52N2O3S. The third-order valence-corrected chi connectivity index (χ3v) is 14.1.